The number of likely N-dealkylation sites (N-methyl/N-ethyl adjacent to an activating group) is 1. The summed E-state index contributed by atoms with van der Waals surface area (Å²) in [4.78, 5) is 17.0. The van der Waals surface area contributed by atoms with Crippen LogP contribution in [0.5, 0.6) is 5.75 Å². The van der Waals surface area contributed by atoms with Gasteiger partial charge in [0.05, 0.1) is 18.2 Å². The molecular weight excluding hydrogens is 300 g/mol. The van der Waals surface area contributed by atoms with E-state index in [4.69, 9.17) is 16.3 Å². The average Bonchev–Trinajstić information content (AvgIpc) is 2.54. The van der Waals surface area contributed by atoms with Gasteiger partial charge in [-0.3, -0.25) is 9.69 Å². The first-order valence-corrected chi connectivity index (χ1v) is 8.42. The molecule has 1 heterocycles. The van der Waals surface area contributed by atoms with Crippen molar-refractivity contribution in [1.82, 2.24) is 9.80 Å². The van der Waals surface area contributed by atoms with Crippen molar-refractivity contribution in [3.63, 3.8) is 0 Å². The van der Waals surface area contributed by atoms with Crippen molar-refractivity contribution in [2.75, 3.05) is 45.9 Å². The molecule has 0 radical (unpaired) electrons. The molecule has 0 atom stereocenters. The Labute approximate surface area is 138 Å². The second-order valence-corrected chi connectivity index (χ2v) is 6.03. The molecule has 2 rings (SSSR count). The highest BCUT2D eigenvalue weighted by Crippen LogP contribution is 2.26. The molecule has 22 heavy (non-hydrogen) atoms. The van der Waals surface area contributed by atoms with E-state index in [1.807, 2.05) is 13.0 Å². The maximum atomic E-state index is 12.4. The molecule has 1 saturated heterocycles. The van der Waals surface area contributed by atoms with Gasteiger partial charge in [0.2, 0.25) is 0 Å². The highest BCUT2D eigenvalue weighted by molar-refractivity contribution is 6.32. The summed E-state index contributed by atoms with van der Waals surface area (Å²) in [5, 5.41) is 0.509. The lowest BCUT2D eigenvalue weighted by atomic mass is 10.1. The minimum Gasteiger partial charge on any atom is -0.492 e. The summed E-state index contributed by atoms with van der Waals surface area (Å²) in [5.41, 5.74) is 0.659. The summed E-state index contributed by atoms with van der Waals surface area (Å²) in [6, 6.07) is 5.32. The third kappa shape index (κ3) is 4.70. The lowest BCUT2D eigenvalue weighted by Crippen LogP contribution is -2.47. The molecule has 0 aliphatic carbocycles. The van der Waals surface area contributed by atoms with Crippen molar-refractivity contribution in [3.05, 3.63) is 28.8 Å². The standard InChI is InChI=1S/C17H25ClN2O2/c1-3-11-22-17-6-5-14(12-15(17)18)16(21)13-20-9-7-19(4-2)8-10-20/h5-6,12H,3-4,7-11,13H2,1-2H3. The smallest absolute Gasteiger partial charge is 0.176 e. The van der Waals surface area contributed by atoms with Crippen LogP contribution in [0.1, 0.15) is 30.6 Å². The molecule has 0 aromatic heterocycles. The lowest BCUT2D eigenvalue weighted by Gasteiger charge is -2.33. The van der Waals surface area contributed by atoms with Crippen LogP contribution in [0.15, 0.2) is 18.2 Å². The molecule has 0 N–H and O–H groups in total. The number of piperazine rings is 1. The summed E-state index contributed by atoms with van der Waals surface area (Å²) in [6.07, 6.45) is 0.931. The van der Waals surface area contributed by atoms with Crippen molar-refractivity contribution in [2.24, 2.45) is 0 Å². The van der Waals surface area contributed by atoms with Gasteiger partial charge in [-0.1, -0.05) is 25.4 Å². The highest BCUT2D eigenvalue weighted by Gasteiger charge is 2.19. The van der Waals surface area contributed by atoms with Crippen LogP contribution in [0.4, 0.5) is 0 Å². The van der Waals surface area contributed by atoms with E-state index in [1.54, 1.807) is 12.1 Å². The maximum absolute atomic E-state index is 12.4. The second kappa shape index (κ2) is 8.51. The maximum Gasteiger partial charge on any atom is 0.176 e. The number of hydrogen-bond donors (Lipinski definition) is 0. The number of benzene rings is 1. The van der Waals surface area contributed by atoms with Gasteiger partial charge in [0.15, 0.2) is 5.78 Å². The molecule has 1 aliphatic rings. The highest BCUT2D eigenvalue weighted by atomic mass is 35.5. The Hall–Kier alpha value is -1.10. The number of carbonyl (C=O) groups is 1. The van der Waals surface area contributed by atoms with E-state index in [1.165, 1.54) is 0 Å². The predicted octanol–water partition coefficient (Wildman–Crippen LogP) is 2.95. The van der Waals surface area contributed by atoms with Gasteiger partial charge >= 0.3 is 0 Å². The van der Waals surface area contributed by atoms with E-state index in [0.717, 1.165) is 39.1 Å². The number of halogens is 1. The molecule has 0 unspecified atom stereocenters. The fraction of sp³-hybridized carbons (Fsp3) is 0.588. The van der Waals surface area contributed by atoms with Crippen LogP contribution in [-0.2, 0) is 0 Å². The SMILES string of the molecule is CCCOc1ccc(C(=O)CN2CCN(CC)CC2)cc1Cl. The second-order valence-electron chi connectivity index (χ2n) is 5.63. The molecule has 5 heteroatoms. The van der Waals surface area contributed by atoms with Crippen molar-refractivity contribution in [3.8, 4) is 5.75 Å². The molecule has 0 saturated carbocycles. The Morgan fingerprint density at radius 3 is 2.45 bits per heavy atom. The number of nitrogens with zero attached hydrogens (tertiary/aromatic N) is 2. The molecule has 4 nitrogen and oxygen atoms in total. The minimum absolute atomic E-state index is 0.119. The van der Waals surface area contributed by atoms with Crippen molar-refractivity contribution in [2.45, 2.75) is 20.3 Å². The first kappa shape index (κ1) is 17.3. The largest absolute Gasteiger partial charge is 0.492 e. The predicted molar refractivity (Wildman–Crippen MR) is 90.1 cm³/mol. The number of Topliss-reactive ketones (excluding diaryl/α,β-unsaturated/α-hetero) is 1. The quantitative estimate of drug-likeness (QED) is 0.722. The molecule has 0 amide bonds. The fourth-order valence-electron chi connectivity index (χ4n) is 2.56. The molecule has 1 aromatic rings. The number of ketones is 1. The number of ether oxygens (including phenoxy) is 1. The average molecular weight is 325 g/mol. The summed E-state index contributed by atoms with van der Waals surface area (Å²) in [6.45, 7) is 10.4. The summed E-state index contributed by atoms with van der Waals surface area (Å²) >= 11 is 6.19. The van der Waals surface area contributed by atoms with Gasteiger partial charge in [-0.25, -0.2) is 0 Å². The monoisotopic (exact) mass is 324 g/mol. The Kier molecular flexibility index (Phi) is 6.68. The number of rotatable bonds is 7. The third-order valence-electron chi connectivity index (χ3n) is 3.99. The summed E-state index contributed by atoms with van der Waals surface area (Å²) < 4.78 is 5.54. The first-order valence-electron chi connectivity index (χ1n) is 8.04. The van der Waals surface area contributed by atoms with Crippen LogP contribution in [0.3, 0.4) is 0 Å². The molecule has 122 valence electrons. The van der Waals surface area contributed by atoms with Gasteiger partial charge in [0, 0.05) is 31.7 Å². The summed E-state index contributed by atoms with van der Waals surface area (Å²) in [5.74, 6) is 0.769. The first-order chi connectivity index (χ1) is 10.6. The zero-order valence-corrected chi connectivity index (χ0v) is 14.2. The van der Waals surface area contributed by atoms with Gasteiger partial charge in [0.25, 0.3) is 0 Å². The zero-order valence-electron chi connectivity index (χ0n) is 13.5. The van der Waals surface area contributed by atoms with Crippen molar-refractivity contribution in [1.29, 1.82) is 0 Å². The number of carbonyl (C=O) groups excluding carboxylic acids is 1. The Morgan fingerprint density at radius 2 is 1.86 bits per heavy atom. The van der Waals surface area contributed by atoms with E-state index < -0.39 is 0 Å². The Bertz CT molecular complexity index is 499. The van der Waals surface area contributed by atoms with Crippen LogP contribution in [0.2, 0.25) is 5.02 Å². The van der Waals surface area contributed by atoms with Crippen molar-refractivity contribution >= 4 is 17.4 Å². The van der Waals surface area contributed by atoms with Gasteiger partial charge in [-0.15, -0.1) is 0 Å². The van der Waals surface area contributed by atoms with E-state index in [0.29, 0.717) is 29.5 Å². The van der Waals surface area contributed by atoms with Gasteiger partial charge in [-0.05, 0) is 31.2 Å². The number of hydrogen-bond acceptors (Lipinski definition) is 4. The molecule has 0 bridgehead atoms. The van der Waals surface area contributed by atoms with E-state index >= 15 is 0 Å². The molecular formula is C17H25ClN2O2. The van der Waals surface area contributed by atoms with E-state index in [9.17, 15) is 4.79 Å². The Balaban J connectivity index is 1.91. The van der Waals surface area contributed by atoms with E-state index in [-0.39, 0.29) is 5.78 Å². The normalized spacial score (nSPS) is 16.7. The molecule has 1 fully saturated rings. The van der Waals surface area contributed by atoms with Crippen LogP contribution in [-0.4, -0.2) is 61.5 Å². The molecule has 1 aliphatic heterocycles. The van der Waals surface area contributed by atoms with E-state index in [2.05, 4.69) is 16.7 Å². The van der Waals surface area contributed by atoms with Crippen LogP contribution < -0.4 is 4.74 Å². The Morgan fingerprint density at radius 1 is 1.18 bits per heavy atom. The van der Waals surface area contributed by atoms with Crippen LogP contribution in [0, 0.1) is 0 Å². The fourth-order valence-corrected chi connectivity index (χ4v) is 2.80. The lowest BCUT2D eigenvalue weighted by molar-refractivity contribution is 0.0859. The van der Waals surface area contributed by atoms with Gasteiger partial charge in [0.1, 0.15) is 5.75 Å². The minimum atomic E-state index is 0.119. The van der Waals surface area contributed by atoms with Gasteiger partial charge < -0.3 is 9.64 Å². The van der Waals surface area contributed by atoms with Crippen LogP contribution in [0.25, 0.3) is 0 Å². The topological polar surface area (TPSA) is 32.8 Å². The third-order valence-corrected chi connectivity index (χ3v) is 4.29. The van der Waals surface area contributed by atoms with Crippen LogP contribution >= 0.6 is 11.6 Å². The van der Waals surface area contributed by atoms with Crippen molar-refractivity contribution < 1.29 is 9.53 Å². The summed E-state index contributed by atoms with van der Waals surface area (Å²) in [7, 11) is 0. The van der Waals surface area contributed by atoms with Gasteiger partial charge in [-0.2, -0.15) is 0 Å². The molecule has 0 spiro atoms. The molecule has 1 aromatic carbocycles. The zero-order chi connectivity index (χ0) is 15.9.